The Hall–Kier alpha value is -2.73. The van der Waals surface area contributed by atoms with Crippen molar-refractivity contribution in [2.75, 3.05) is 39.6 Å². The standard InChI is InChI=1S/C21H27N3O3/c1-14-4-5-17(18(22)10-14)21(25)23-7-9-24-8-6-15-11-19(26-2)20(27-3)12-16(15)13-24/h4-5,10-12H,6-9,13,22H2,1-3H3,(H,23,25). The molecule has 1 aliphatic rings. The van der Waals surface area contributed by atoms with Crippen molar-refractivity contribution in [1.29, 1.82) is 0 Å². The van der Waals surface area contributed by atoms with Crippen molar-refractivity contribution in [2.45, 2.75) is 19.9 Å². The van der Waals surface area contributed by atoms with Gasteiger partial charge < -0.3 is 20.5 Å². The van der Waals surface area contributed by atoms with Crippen LogP contribution in [-0.2, 0) is 13.0 Å². The van der Waals surface area contributed by atoms with Gasteiger partial charge in [0.05, 0.1) is 19.8 Å². The van der Waals surface area contributed by atoms with Crippen molar-refractivity contribution in [3.05, 3.63) is 52.6 Å². The van der Waals surface area contributed by atoms with Gasteiger partial charge in [0.25, 0.3) is 5.91 Å². The first-order chi connectivity index (χ1) is 13.0. The Kier molecular flexibility index (Phi) is 5.86. The molecule has 0 fully saturated rings. The van der Waals surface area contributed by atoms with Crippen LogP contribution >= 0.6 is 0 Å². The Balaban J connectivity index is 1.56. The highest BCUT2D eigenvalue weighted by molar-refractivity contribution is 5.99. The van der Waals surface area contributed by atoms with E-state index in [2.05, 4.69) is 16.3 Å². The Bertz CT molecular complexity index is 836. The van der Waals surface area contributed by atoms with E-state index in [4.69, 9.17) is 15.2 Å². The maximum absolute atomic E-state index is 12.3. The van der Waals surface area contributed by atoms with Crippen molar-refractivity contribution >= 4 is 11.6 Å². The summed E-state index contributed by atoms with van der Waals surface area (Å²) in [6.07, 6.45) is 0.953. The molecule has 0 saturated carbocycles. The molecule has 3 rings (SSSR count). The summed E-state index contributed by atoms with van der Waals surface area (Å²) in [6.45, 7) is 5.10. The van der Waals surface area contributed by atoms with Crippen LogP contribution in [0.25, 0.3) is 0 Å². The molecular formula is C21H27N3O3. The van der Waals surface area contributed by atoms with Crippen LogP contribution in [0.3, 0.4) is 0 Å². The zero-order valence-corrected chi connectivity index (χ0v) is 16.2. The predicted octanol–water partition coefficient (Wildman–Crippen LogP) is 2.38. The largest absolute Gasteiger partial charge is 0.493 e. The van der Waals surface area contributed by atoms with E-state index >= 15 is 0 Å². The Labute approximate surface area is 160 Å². The van der Waals surface area contributed by atoms with Gasteiger partial charge in [-0.25, -0.2) is 0 Å². The number of amides is 1. The second-order valence-corrected chi connectivity index (χ2v) is 6.85. The third-order valence-electron chi connectivity index (χ3n) is 4.96. The zero-order valence-electron chi connectivity index (χ0n) is 16.2. The lowest BCUT2D eigenvalue weighted by atomic mass is 9.99. The molecule has 6 heteroatoms. The average molecular weight is 369 g/mol. The van der Waals surface area contributed by atoms with Gasteiger partial charge in [-0.15, -0.1) is 0 Å². The van der Waals surface area contributed by atoms with Crippen molar-refractivity contribution in [3.8, 4) is 11.5 Å². The number of carbonyl (C=O) groups is 1. The van der Waals surface area contributed by atoms with E-state index in [1.807, 2.05) is 25.1 Å². The maximum atomic E-state index is 12.3. The van der Waals surface area contributed by atoms with E-state index in [-0.39, 0.29) is 5.91 Å². The summed E-state index contributed by atoms with van der Waals surface area (Å²) in [7, 11) is 3.31. The minimum Gasteiger partial charge on any atom is -0.493 e. The summed E-state index contributed by atoms with van der Waals surface area (Å²) >= 11 is 0. The van der Waals surface area contributed by atoms with Gasteiger partial charge in [-0.3, -0.25) is 9.69 Å². The normalized spacial score (nSPS) is 13.7. The molecule has 2 aromatic rings. The molecule has 6 nitrogen and oxygen atoms in total. The first-order valence-electron chi connectivity index (χ1n) is 9.12. The van der Waals surface area contributed by atoms with E-state index in [9.17, 15) is 4.79 Å². The van der Waals surface area contributed by atoms with E-state index < -0.39 is 0 Å². The number of fused-ring (bicyclic) bond motifs is 1. The van der Waals surface area contributed by atoms with Crippen molar-refractivity contribution in [1.82, 2.24) is 10.2 Å². The quantitative estimate of drug-likeness (QED) is 0.765. The molecule has 0 unspecified atom stereocenters. The van der Waals surface area contributed by atoms with Crippen LogP contribution in [0.4, 0.5) is 5.69 Å². The lowest BCUT2D eigenvalue weighted by Crippen LogP contribution is -2.38. The molecule has 1 amide bonds. The molecule has 3 N–H and O–H groups in total. The lowest BCUT2D eigenvalue weighted by molar-refractivity contribution is 0.0948. The number of nitrogens with one attached hydrogen (secondary N) is 1. The number of hydrogen-bond donors (Lipinski definition) is 2. The van der Waals surface area contributed by atoms with Crippen molar-refractivity contribution < 1.29 is 14.3 Å². The molecule has 1 heterocycles. The van der Waals surface area contributed by atoms with Gasteiger partial charge in [-0.1, -0.05) is 6.07 Å². The number of ether oxygens (including phenoxy) is 2. The number of nitrogen functional groups attached to an aromatic ring is 1. The van der Waals surface area contributed by atoms with Gasteiger partial charge in [0.15, 0.2) is 11.5 Å². The Morgan fingerprint density at radius 1 is 1.15 bits per heavy atom. The smallest absolute Gasteiger partial charge is 0.253 e. The fourth-order valence-electron chi connectivity index (χ4n) is 3.44. The SMILES string of the molecule is COc1cc2c(cc1OC)CN(CCNC(=O)c1ccc(C)cc1N)CC2. The van der Waals surface area contributed by atoms with E-state index in [1.54, 1.807) is 20.3 Å². The fourth-order valence-corrected chi connectivity index (χ4v) is 3.44. The lowest BCUT2D eigenvalue weighted by Gasteiger charge is -2.29. The summed E-state index contributed by atoms with van der Waals surface area (Å²) < 4.78 is 10.8. The molecule has 2 aromatic carbocycles. The van der Waals surface area contributed by atoms with E-state index in [0.717, 1.165) is 43.1 Å². The summed E-state index contributed by atoms with van der Waals surface area (Å²) in [4.78, 5) is 14.7. The minimum absolute atomic E-state index is 0.128. The molecule has 0 atom stereocenters. The number of anilines is 1. The van der Waals surface area contributed by atoms with Crippen LogP contribution in [-0.4, -0.2) is 44.7 Å². The second-order valence-electron chi connectivity index (χ2n) is 6.85. The van der Waals surface area contributed by atoms with E-state index in [0.29, 0.717) is 17.8 Å². The maximum Gasteiger partial charge on any atom is 0.253 e. The zero-order chi connectivity index (χ0) is 19.4. The predicted molar refractivity (Wildman–Crippen MR) is 106 cm³/mol. The number of benzene rings is 2. The van der Waals surface area contributed by atoms with E-state index in [1.165, 1.54) is 11.1 Å². The number of rotatable bonds is 6. The highest BCUT2D eigenvalue weighted by Gasteiger charge is 2.19. The summed E-state index contributed by atoms with van der Waals surface area (Å²) in [5.41, 5.74) is 10.6. The molecule has 0 spiro atoms. The molecule has 144 valence electrons. The second kappa shape index (κ2) is 8.31. The van der Waals surface area contributed by atoms with Gasteiger partial charge in [0, 0.05) is 31.9 Å². The minimum atomic E-state index is -0.128. The number of nitrogens with two attached hydrogens (primary N) is 1. The molecule has 0 aliphatic carbocycles. The monoisotopic (exact) mass is 369 g/mol. The number of nitrogens with zero attached hydrogens (tertiary/aromatic N) is 1. The van der Waals surface area contributed by atoms with Crippen LogP contribution < -0.4 is 20.5 Å². The highest BCUT2D eigenvalue weighted by Crippen LogP contribution is 2.33. The molecule has 1 aliphatic heterocycles. The average Bonchev–Trinajstić information content (AvgIpc) is 2.66. The van der Waals surface area contributed by atoms with Gasteiger partial charge in [0.1, 0.15) is 0 Å². The number of aryl methyl sites for hydroxylation is 1. The van der Waals surface area contributed by atoms with Gasteiger partial charge in [0.2, 0.25) is 0 Å². The molecule has 0 aromatic heterocycles. The van der Waals surface area contributed by atoms with Crippen molar-refractivity contribution in [3.63, 3.8) is 0 Å². The number of hydrogen-bond acceptors (Lipinski definition) is 5. The Morgan fingerprint density at radius 2 is 1.85 bits per heavy atom. The number of carbonyl (C=O) groups excluding carboxylic acids is 1. The topological polar surface area (TPSA) is 76.8 Å². The summed E-state index contributed by atoms with van der Waals surface area (Å²) in [6, 6.07) is 9.60. The molecular weight excluding hydrogens is 342 g/mol. The molecule has 0 bridgehead atoms. The molecule has 0 saturated heterocycles. The van der Waals surface area contributed by atoms with Gasteiger partial charge >= 0.3 is 0 Å². The highest BCUT2D eigenvalue weighted by atomic mass is 16.5. The Morgan fingerprint density at radius 3 is 2.52 bits per heavy atom. The van der Waals surface area contributed by atoms with Gasteiger partial charge in [-0.05, 0) is 54.3 Å². The summed E-state index contributed by atoms with van der Waals surface area (Å²) in [5.74, 6) is 1.39. The molecule has 27 heavy (non-hydrogen) atoms. The third-order valence-corrected chi connectivity index (χ3v) is 4.96. The van der Waals surface area contributed by atoms with Crippen LogP contribution in [0, 0.1) is 6.92 Å². The number of methoxy groups -OCH3 is 2. The molecule has 0 radical (unpaired) electrons. The van der Waals surface area contributed by atoms with Crippen LogP contribution in [0.5, 0.6) is 11.5 Å². The summed E-state index contributed by atoms with van der Waals surface area (Å²) in [5, 5.41) is 2.97. The van der Waals surface area contributed by atoms with Gasteiger partial charge in [-0.2, -0.15) is 0 Å². The fraction of sp³-hybridized carbons (Fsp3) is 0.381. The van der Waals surface area contributed by atoms with Crippen molar-refractivity contribution in [2.24, 2.45) is 0 Å². The van der Waals surface area contributed by atoms with Crippen LogP contribution in [0.2, 0.25) is 0 Å². The first-order valence-corrected chi connectivity index (χ1v) is 9.12. The van der Waals surface area contributed by atoms with Crippen LogP contribution in [0.1, 0.15) is 27.0 Å². The third kappa shape index (κ3) is 4.34. The first kappa shape index (κ1) is 19.0. The van der Waals surface area contributed by atoms with Crippen LogP contribution in [0.15, 0.2) is 30.3 Å².